The second kappa shape index (κ2) is 7.08. The summed E-state index contributed by atoms with van der Waals surface area (Å²) in [6.07, 6.45) is -0.616. The molecule has 23 heavy (non-hydrogen) atoms. The van der Waals surface area contributed by atoms with Gasteiger partial charge in [0.2, 0.25) is 5.89 Å². The molecule has 1 aliphatic rings. The number of hydrogen-bond acceptors (Lipinski definition) is 7. The van der Waals surface area contributed by atoms with E-state index in [0.29, 0.717) is 31.2 Å². The Morgan fingerprint density at radius 3 is 2.87 bits per heavy atom. The van der Waals surface area contributed by atoms with Crippen molar-refractivity contribution in [2.75, 3.05) is 19.7 Å². The van der Waals surface area contributed by atoms with Gasteiger partial charge in [-0.15, -0.1) is 0 Å². The molecule has 124 valence electrons. The molecule has 2 heterocycles. The average Bonchev–Trinajstić information content (AvgIpc) is 3.12. The van der Waals surface area contributed by atoms with Gasteiger partial charge in [-0.1, -0.05) is 23.4 Å². The Hall–Kier alpha value is -1.96. The molecule has 3 rings (SSSR count). The van der Waals surface area contributed by atoms with Gasteiger partial charge in [0.25, 0.3) is 0 Å². The van der Waals surface area contributed by atoms with Gasteiger partial charge in [-0.2, -0.15) is 4.98 Å². The second-order valence-corrected chi connectivity index (χ2v) is 5.82. The summed E-state index contributed by atoms with van der Waals surface area (Å²) in [6.45, 7) is 2.78. The standard InChI is InChI=1S/C16H21N3O4/c1-11-17-16(23-18-11)15-7-12(20)8-19(15)9-13(21)10-22-14-5-3-2-4-6-14/h2-6,12-13,15,20-21H,7-10H2,1H3/t12-,13-,15-/m1/s1. The highest BCUT2D eigenvalue weighted by Gasteiger charge is 2.36. The minimum Gasteiger partial charge on any atom is -0.491 e. The van der Waals surface area contributed by atoms with Crippen LogP contribution in [0, 0.1) is 6.92 Å². The van der Waals surface area contributed by atoms with Crippen LogP contribution < -0.4 is 4.74 Å². The zero-order valence-electron chi connectivity index (χ0n) is 13.0. The van der Waals surface area contributed by atoms with Gasteiger partial charge in [0.1, 0.15) is 18.5 Å². The Morgan fingerprint density at radius 1 is 1.39 bits per heavy atom. The average molecular weight is 319 g/mol. The Morgan fingerprint density at radius 2 is 2.17 bits per heavy atom. The Bertz CT molecular complexity index is 619. The SMILES string of the molecule is Cc1noc([C@H]2C[C@@H](O)CN2C[C@@H](O)COc2ccccc2)n1. The van der Waals surface area contributed by atoms with Crippen molar-refractivity contribution in [3.8, 4) is 5.75 Å². The number of aryl methyl sites for hydroxylation is 1. The van der Waals surface area contributed by atoms with E-state index in [1.54, 1.807) is 6.92 Å². The largest absolute Gasteiger partial charge is 0.491 e. The van der Waals surface area contributed by atoms with Gasteiger partial charge in [0.15, 0.2) is 5.82 Å². The topological polar surface area (TPSA) is 91.9 Å². The lowest BCUT2D eigenvalue weighted by molar-refractivity contribution is 0.0560. The summed E-state index contributed by atoms with van der Waals surface area (Å²) < 4.78 is 10.8. The maximum absolute atomic E-state index is 10.2. The molecule has 0 amide bonds. The minimum absolute atomic E-state index is 0.169. The Kier molecular flexibility index (Phi) is 4.90. The quantitative estimate of drug-likeness (QED) is 0.818. The van der Waals surface area contributed by atoms with Crippen LogP contribution in [0.1, 0.15) is 24.2 Å². The zero-order valence-corrected chi connectivity index (χ0v) is 13.0. The molecule has 2 N–H and O–H groups in total. The van der Waals surface area contributed by atoms with E-state index < -0.39 is 12.2 Å². The van der Waals surface area contributed by atoms with Crippen LogP contribution in [0.3, 0.4) is 0 Å². The molecule has 0 spiro atoms. The fourth-order valence-corrected chi connectivity index (χ4v) is 2.82. The van der Waals surface area contributed by atoms with E-state index in [1.165, 1.54) is 0 Å². The number of hydrogen-bond donors (Lipinski definition) is 2. The van der Waals surface area contributed by atoms with E-state index in [9.17, 15) is 10.2 Å². The molecular formula is C16H21N3O4. The molecule has 0 aliphatic carbocycles. The van der Waals surface area contributed by atoms with Gasteiger partial charge in [-0.05, 0) is 25.5 Å². The van der Waals surface area contributed by atoms with Gasteiger partial charge in [-0.3, -0.25) is 4.90 Å². The molecule has 2 aromatic rings. The Balaban J connectivity index is 1.56. The number of likely N-dealkylation sites (tertiary alicyclic amines) is 1. The van der Waals surface area contributed by atoms with E-state index in [1.807, 2.05) is 35.2 Å². The van der Waals surface area contributed by atoms with Crippen molar-refractivity contribution in [3.63, 3.8) is 0 Å². The van der Waals surface area contributed by atoms with E-state index in [0.717, 1.165) is 5.75 Å². The molecule has 1 aromatic carbocycles. The molecule has 1 aromatic heterocycles. The molecule has 0 saturated carbocycles. The number of benzene rings is 1. The van der Waals surface area contributed by atoms with Gasteiger partial charge < -0.3 is 19.5 Å². The molecule has 7 nitrogen and oxygen atoms in total. The summed E-state index contributed by atoms with van der Waals surface area (Å²) in [7, 11) is 0. The molecule has 0 radical (unpaired) electrons. The van der Waals surface area contributed by atoms with Crippen LogP contribution in [0.4, 0.5) is 0 Å². The number of aliphatic hydroxyl groups is 2. The van der Waals surface area contributed by atoms with Crippen molar-refractivity contribution in [2.24, 2.45) is 0 Å². The third-order valence-corrected chi connectivity index (χ3v) is 3.84. The van der Waals surface area contributed by atoms with Crippen LogP contribution in [-0.4, -0.2) is 57.2 Å². The molecule has 1 fully saturated rings. The first-order valence-corrected chi connectivity index (χ1v) is 7.70. The molecule has 7 heteroatoms. The number of para-hydroxylation sites is 1. The molecule has 3 atom stereocenters. The van der Waals surface area contributed by atoms with Crippen LogP contribution in [0.2, 0.25) is 0 Å². The molecule has 1 aliphatic heterocycles. The number of aliphatic hydroxyl groups excluding tert-OH is 2. The number of aromatic nitrogens is 2. The van der Waals surface area contributed by atoms with Crippen LogP contribution in [0.25, 0.3) is 0 Å². The van der Waals surface area contributed by atoms with Crippen LogP contribution >= 0.6 is 0 Å². The van der Waals surface area contributed by atoms with Crippen molar-refractivity contribution < 1.29 is 19.5 Å². The summed E-state index contributed by atoms with van der Waals surface area (Å²) in [5, 5.41) is 23.9. The third kappa shape index (κ3) is 4.07. The number of β-amino-alcohol motifs (C(OH)–C–C–N with tert-alkyl or cyclic N) is 2. The van der Waals surface area contributed by atoms with Gasteiger partial charge >= 0.3 is 0 Å². The first kappa shape index (κ1) is 15.9. The number of ether oxygens (including phenoxy) is 1. The summed E-state index contributed by atoms with van der Waals surface area (Å²) >= 11 is 0. The molecule has 0 unspecified atom stereocenters. The van der Waals surface area contributed by atoms with Gasteiger partial charge in [0, 0.05) is 13.1 Å². The fraction of sp³-hybridized carbons (Fsp3) is 0.500. The summed E-state index contributed by atoms with van der Waals surface area (Å²) in [6, 6.07) is 9.19. The molecular weight excluding hydrogens is 298 g/mol. The highest BCUT2D eigenvalue weighted by atomic mass is 16.5. The monoisotopic (exact) mass is 319 g/mol. The fourth-order valence-electron chi connectivity index (χ4n) is 2.82. The van der Waals surface area contributed by atoms with Crippen molar-refractivity contribution in [1.29, 1.82) is 0 Å². The zero-order chi connectivity index (χ0) is 16.2. The predicted octanol–water partition coefficient (Wildman–Crippen LogP) is 0.926. The van der Waals surface area contributed by atoms with E-state index in [-0.39, 0.29) is 12.6 Å². The van der Waals surface area contributed by atoms with Gasteiger partial charge in [0.05, 0.1) is 12.1 Å². The molecule has 1 saturated heterocycles. The van der Waals surface area contributed by atoms with Crippen molar-refractivity contribution in [1.82, 2.24) is 15.0 Å². The first-order valence-electron chi connectivity index (χ1n) is 7.70. The van der Waals surface area contributed by atoms with Crippen molar-refractivity contribution >= 4 is 0 Å². The van der Waals surface area contributed by atoms with Crippen LogP contribution in [0.15, 0.2) is 34.9 Å². The lowest BCUT2D eigenvalue weighted by Gasteiger charge is -2.24. The van der Waals surface area contributed by atoms with E-state index >= 15 is 0 Å². The lowest BCUT2D eigenvalue weighted by atomic mass is 10.2. The molecule has 0 bridgehead atoms. The van der Waals surface area contributed by atoms with Gasteiger partial charge in [-0.25, -0.2) is 0 Å². The summed E-state index contributed by atoms with van der Waals surface area (Å²) in [5.41, 5.74) is 0. The van der Waals surface area contributed by atoms with Crippen LogP contribution in [-0.2, 0) is 0 Å². The van der Waals surface area contributed by atoms with E-state index in [2.05, 4.69) is 10.1 Å². The number of nitrogens with zero attached hydrogens (tertiary/aromatic N) is 3. The first-order chi connectivity index (χ1) is 11.1. The third-order valence-electron chi connectivity index (χ3n) is 3.84. The van der Waals surface area contributed by atoms with Crippen LogP contribution in [0.5, 0.6) is 5.75 Å². The summed E-state index contributed by atoms with van der Waals surface area (Å²) in [5.74, 6) is 1.77. The highest BCUT2D eigenvalue weighted by molar-refractivity contribution is 5.20. The maximum Gasteiger partial charge on any atom is 0.244 e. The predicted molar refractivity (Wildman–Crippen MR) is 81.9 cm³/mol. The van der Waals surface area contributed by atoms with Crippen molar-refractivity contribution in [2.45, 2.75) is 31.6 Å². The highest BCUT2D eigenvalue weighted by Crippen LogP contribution is 2.31. The Labute approximate surface area is 134 Å². The summed E-state index contributed by atoms with van der Waals surface area (Å²) in [4.78, 5) is 6.19. The van der Waals surface area contributed by atoms with E-state index in [4.69, 9.17) is 9.26 Å². The smallest absolute Gasteiger partial charge is 0.244 e. The minimum atomic E-state index is -0.674. The lowest BCUT2D eigenvalue weighted by Crippen LogP contribution is -2.36. The maximum atomic E-state index is 10.2. The van der Waals surface area contributed by atoms with Crippen molar-refractivity contribution in [3.05, 3.63) is 42.0 Å². The normalized spacial score (nSPS) is 23.1. The second-order valence-electron chi connectivity index (χ2n) is 5.82. The number of rotatable bonds is 6.